The Balaban J connectivity index is 1.73. The molecule has 0 saturated heterocycles. The Bertz CT molecular complexity index is 675. The summed E-state index contributed by atoms with van der Waals surface area (Å²) in [6.45, 7) is 1.34. The van der Waals surface area contributed by atoms with Gasteiger partial charge in [-0.25, -0.2) is 9.67 Å². The Hall–Kier alpha value is -2.12. The largest absolute Gasteiger partial charge is 0.314 e. The number of hydrogen-bond donors (Lipinski definition) is 1. The first-order valence-corrected chi connectivity index (χ1v) is 7.12. The number of nitrogens with zero attached hydrogens (tertiary/aromatic N) is 5. The molecule has 20 heavy (non-hydrogen) atoms. The molecule has 0 radical (unpaired) electrons. The molecule has 0 fully saturated rings. The van der Waals surface area contributed by atoms with E-state index in [0.29, 0.717) is 6.54 Å². The molecular weight excluding hydrogens is 272 g/mol. The molecule has 3 aromatic rings. The lowest BCUT2D eigenvalue weighted by atomic mass is 10.3. The molecule has 3 aromatic heterocycles. The predicted octanol–water partition coefficient (Wildman–Crippen LogP) is 1.56. The van der Waals surface area contributed by atoms with Gasteiger partial charge in [-0.1, -0.05) is 11.3 Å². The average Bonchev–Trinajstić information content (AvgIpc) is 3.11. The summed E-state index contributed by atoms with van der Waals surface area (Å²) in [6.07, 6.45) is 3.70. The van der Waals surface area contributed by atoms with E-state index in [-0.39, 0.29) is 0 Å². The summed E-state index contributed by atoms with van der Waals surface area (Å²) in [7, 11) is 1.89. The van der Waals surface area contributed by atoms with Crippen LogP contribution in [0.5, 0.6) is 0 Å². The van der Waals surface area contributed by atoms with E-state index in [2.05, 4.69) is 25.6 Å². The minimum Gasteiger partial charge on any atom is -0.314 e. The van der Waals surface area contributed by atoms with Gasteiger partial charge >= 0.3 is 0 Å². The molecule has 0 amide bonds. The first-order valence-electron chi connectivity index (χ1n) is 6.24. The number of thiazole rings is 1. The lowest BCUT2D eigenvalue weighted by Gasteiger charge is -1.96. The molecule has 0 spiro atoms. The summed E-state index contributed by atoms with van der Waals surface area (Å²) in [5.41, 5.74) is 2.79. The van der Waals surface area contributed by atoms with E-state index >= 15 is 0 Å². The third kappa shape index (κ3) is 2.89. The third-order valence-electron chi connectivity index (χ3n) is 2.70. The van der Waals surface area contributed by atoms with E-state index in [4.69, 9.17) is 0 Å². The van der Waals surface area contributed by atoms with E-state index in [1.807, 2.05) is 36.8 Å². The van der Waals surface area contributed by atoms with Crippen LogP contribution < -0.4 is 5.32 Å². The second-order valence-electron chi connectivity index (χ2n) is 4.30. The smallest absolute Gasteiger partial charge is 0.142 e. The van der Waals surface area contributed by atoms with Crippen molar-refractivity contribution in [2.75, 3.05) is 7.05 Å². The van der Waals surface area contributed by atoms with Gasteiger partial charge in [-0.15, -0.1) is 16.4 Å². The summed E-state index contributed by atoms with van der Waals surface area (Å²) in [4.78, 5) is 8.89. The Morgan fingerprint density at radius 1 is 1.30 bits per heavy atom. The van der Waals surface area contributed by atoms with Crippen LogP contribution in [0.25, 0.3) is 10.7 Å². The van der Waals surface area contributed by atoms with Crippen molar-refractivity contribution >= 4 is 11.3 Å². The first kappa shape index (κ1) is 12.9. The van der Waals surface area contributed by atoms with Gasteiger partial charge in [-0.3, -0.25) is 4.98 Å². The molecule has 3 heterocycles. The van der Waals surface area contributed by atoms with Gasteiger partial charge in [0.05, 0.1) is 29.8 Å². The van der Waals surface area contributed by atoms with Gasteiger partial charge in [0.15, 0.2) is 0 Å². The van der Waals surface area contributed by atoms with Crippen LogP contribution in [0.2, 0.25) is 0 Å². The topological polar surface area (TPSA) is 68.5 Å². The molecule has 0 unspecified atom stereocenters. The molecule has 0 aliphatic heterocycles. The van der Waals surface area contributed by atoms with Gasteiger partial charge in [-0.2, -0.15) is 0 Å². The molecule has 0 aliphatic carbocycles. The Labute approximate surface area is 120 Å². The molecular formula is C13H14N6S. The van der Waals surface area contributed by atoms with Crippen LogP contribution in [0.3, 0.4) is 0 Å². The van der Waals surface area contributed by atoms with Crippen molar-refractivity contribution in [2.45, 2.75) is 13.1 Å². The van der Waals surface area contributed by atoms with Crippen molar-refractivity contribution in [2.24, 2.45) is 0 Å². The summed E-state index contributed by atoms with van der Waals surface area (Å²) in [5, 5.41) is 14.2. The van der Waals surface area contributed by atoms with Gasteiger partial charge in [-0.05, 0) is 19.2 Å². The van der Waals surface area contributed by atoms with E-state index in [9.17, 15) is 0 Å². The fourth-order valence-corrected chi connectivity index (χ4v) is 2.62. The lowest BCUT2D eigenvalue weighted by molar-refractivity contribution is 0.640. The molecule has 0 aromatic carbocycles. The average molecular weight is 286 g/mol. The SMILES string of the molecule is CNCc1cn(Cc2csc(-c3ccccn3)n2)nn1. The number of rotatable bonds is 5. The van der Waals surface area contributed by atoms with Crippen molar-refractivity contribution in [3.05, 3.63) is 47.4 Å². The number of nitrogens with one attached hydrogen (secondary N) is 1. The van der Waals surface area contributed by atoms with Crippen LogP contribution in [0.4, 0.5) is 0 Å². The summed E-state index contributed by atoms with van der Waals surface area (Å²) < 4.78 is 1.80. The van der Waals surface area contributed by atoms with E-state index in [0.717, 1.165) is 28.6 Å². The predicted molar refractivity (Wildman–Crippen MR) is 77.2 cm³/mol. The van der Waals surface area contributed by atoms with E-state index < -0.39 is 0 Å². The molecule has 3 rings (SSSR count). The maximum absolute atomic E-state index is 4.58. The van der Waals surface area contributed by atoms with Crippen LogP contribution in [-0.2, 0) is 13.1 Å². The highest BCUT2D eigenvalue weighted by molar-refractivity contribution is 7.13. The molecule has 0 atom stereocenters. The molecule has 0 saturated carbocycles. The standard InChI is InChI=1S/C13H14N6S/c1-14-6-10-7-19(18-17-10)8-11-9-20-13(16-11)12-4-2-3-5-15-12/h2-5,7,9,14H,6,8H2,1H3. The highest BCUT2D eigenvalue weighted by Gasteiger charge is 2.07. The normalized spacial score (nSPS) is 10.8. The molecule has 1 N–H and O–H groups in total. The van der Waals surface area contributed by atoms with Crippen molar-refractivity contribution in [3.8, 4) is 10.7 Å². The summed E-state index contributed by atoms with van der Waals surface area (Å²) >= 11 is 1.59. The van der Waals surface area contributed by atoms with Crippen LogP contribution in [0.15, 0.2) is 36.0 Å². The summed E-state index contributed by atoms with van der Waals surface area (Å²) in [6, 6.07) is 5.82. The fourth-order valence-electron chi connectivity index (χ4n) is 1.83. The number of pyridine rings is 1. The zero-order valence-electron chi connectivity index (χ0n) is 11.0. The maximum atomic E-state index is 4.58. The second kappa shape index (κ2) is 5.89. The highest BCUT2D eigenvalue weighted by Crippen LogP contribution is 2.21. The number of aromatic nitrogens is 5. The van der Waals surface area contributed by atoms with Gasteiger partial charge in [0, 0.05) is 18.1 Å². The lowest BCUT2D eigenvalue weighted by Crippen LogP contribution is -2.05. The van der Waals surface area contributed by atoms with Crippen molar-refractivity contribution in [1.82, 2.24) is 30.3 Å². The molecule has 0 bridgehead atoms. The third-order valence-corrected chi connectivity index (χ3v) is 3.62. The van der Waals surface area contributed by atoms with E-state index in [1.165, 1.54) is 0 Å². The van der Waals surface area contributed by atoms with Gasteiger partial charge in [0.1, 0.15) is 5.01 Å². The Morgan fingerprint density at radius 3 is 3.05 bits per heavy atom. The van der Waals surface area contributed by atoms with Crippen LogP contribution in [0, 0.1) is 0 Å². The van der Waals surface area contributed by atoms with E-state index in [1.54, 1.807) is 22.2 Å². The Kier molecular flexibility index (Phi) is 3.80. The molecule has 0 aliphatic rings. The highest BCUT2D eigenvalue weighted by atomic mass is 32.1. The Morgan fingerprint density at radius 2 is 2.25 bits per heavy atom. The van der Waals surface area contributed by atoms with Crippen LogP contribution in [0.1, 0.15) is 11.4 Å². The van der Waals surface area contributed by atoms with Crippen molar-refractivity contribution in [3.63, 3.8) is 0 Å². The molecule has 102 valence electrons. The quantitative estimate of drug-likeness (QED) is 0.771. The zero-order chi connectivity index (χ0) is 13.8. The maximum Gasteiger partial charge on any atom is 0.142 e. The van der Waals surface area contributed by atoms with Crippen LogP contribution >= 0.6 is 11.3 Å². The minimum atomic E-state index is 0.625. The van der Waals surface area contributed by atoms with Gasteiger partial charge in [0.25, 0.3) is 0 Å². The first-order chi connectivity index (χ1) is 9.85. The minimum absolute atomic E-state index is 0.625. The monoisotopic (exact) mass is 286 g/mol. The molecule has 6 nitrogen and oxygen atoms in total. The summed E-state index contributed by atoms with van der Waals surface area (Å²) in [5.74, 6) is 0. The van der Waals surface area contributed by atoms with Gasteiger partial charge in [0.2, 0.25) is 0 Å². The van der Waals surface area contributed by atoms with Crippen molar-refractivity contribution in [1.29, 1.82) is 0 Å². The van der Waals surface area contributed by atoms with Crippen LogP contribution in [-0.4, -0.2) is 32.0 Å². The van der Waals surface area contributed by atoms with Crippen molar-refractivity contribution < 1.29 is 0 Å². The number of hydrogen-bond acceptors (Lipinski definition) is 6. The molecule has 7 heteroatoms. The zero-order valence-corrected chi connectivity index (χ0v) is 11.8. The fraction of sp³-hybridized carbons (Fsp3) is 0.231. The second-order valence-corrected chi connectivity index (χ2v) is 5.15. The van der Waals surface area contributed by atoms with Gasteiger partial charge < -0.3 is 5.32 Å².